The average Bonchev–Trinajstić information content (AvgIpc) is 2.26. The number of para-hydroxylation sites is 1. The molecule has 0 amide bonds. The molecular formula is C9H12N4O3. The molecule has 0 fully saturated rings. The van der Waals surface area contributed by atoms with Crippen molar-refractivity contribution in [3.8, 4) is 0 Å². The molecule has 0 aromatic heterocycles. The first-order valence-corrected chi connectivity index (χ1v) is 4.74. The number of fused-ring (bicyclic) bond motifs is 1. The van der Waals surface area contributed by atoms with Gasteiger partial charge in [-0.15, -0.1) is 0 Å². The Balaban J connectivity index is 2.60. The van der Waals surface area contributed by atoms with Crippen molar-refractivity contribution in [2.24, 2.45) is 5.73 Å². The van der Waals surface area contributed by atoms with Crippen LogP contribution in [0, 0.1) is 10.4 Å². The molecule has 1 aromatic rings. The van der Waals surface area contributed by atoms with Crippen LogP contribution in [0.2, 0.25) is 0 Å². The third-order valence-corrected chi connectivity index (χ3v) is 2.40. The molecule has 0 saturated carbocycles. The minimum absolute atomic E-state index is 0.196. The van der Waals surface area contributed by atoms with Gasteiger partial charge in [-0.25, -0.2) is 4.74 Å². The predicted molar refractivity (Wildman–Crippen MR) is 56.4 cm³/mol. The smallest absolute Gasteiger partial charge is 0.403 e. The molecule has 1 heterocycles. The normalized spacial score (nSPS) is 21.9. The Bertz CT molecular complexity index is 446. The number of quaternary nitrogens is 1. The highest BCUT2D eigenvalue weighted by Gasteiger charge is 2.36. The van der Waals surface area contributed by atoms with E-state index in [9.17, 15) is 15.5 Å². The Labute approximate surface area is 91.7 Å². The lowest BCUT2D eigenvalue weighted by molar-refractivity contribution is -0.912. The summed E-state index contributed by atoms with van der Waals surface area (Å²) < 4.78 is 0.434. The van der Waals surface area contributed by atoms with E-state index in [-0.39, 0.29) is 17.3 Å². The molecule has 0 saturated heterocycles. The van der Waals surface area contributed by atoms with Gasteiger partial charge in [-0.05, 0) is 6.07 Å². The lowest BCUT2D eigenvalue weighted by Gasteiger charge is -2.36. The lowest BCUT2D eigenvalue weighted by Crippen LogP contribution is -3.12. The van der Waals surface area contributed by atoms with Gasteiger partial charge in [0.05, 0.1) is 0 Å². The molecule has 4 N–H and O–H groups in total. The Morgan fingerprint density at radius 1 is 1.50 bits per heavy atom. The van der Waals surface area contributed by atoms with Crippen molar-refractivity contribution in [1.82, 2.24) is 5.01 Å². The van der Waals surface area contributed by atoms with Gasteiger partial charge in [-0.1, -0.05) is 17.1 Å². The summed E-state index contributed by atoms with van der Waals surface area (Å²) in [5.74, 6) is -0.321. The number of aliphatic hydroxyl groups excluding tert-OH is 1. The van der Waals surface area contributed by atoms with E-state index in [4.69, 9.17) is 5.73 Å². The number of rotatable bonds is 1. The predicted octanol–water partition coefficient (Wildman–Crippen LogP) is -1.27. The maximum atomic E-state index is 11.9. The van der Waals surface area contributed by atoms with Gasteiger partial charge in [0.1, 0.15) is 0 Å². The Morgan fingerprint density at radius 3 is 2.75 bits per heavy atom. The number of benzene rings is 1. The molecule has 1 aliphatic heterocycles. The fraction of sp³-hybridized carbons (Fsp3) is 0.222. The molecule has 0 radical (unpaired) electrons. The first-order chi connectivity index (χ1) is 7.54. The van der Waals surface area contributed by atoms with Crippen molar-refractivity contribution in [2.75, 3.05) is 0 Å². The summed E-state index contributed by atoms with van der Waals surface area (Å²) >= 11 is 0. The van der Waals surface area contributed by atoms with Crippen molar-refractivity contribution in [1.29, 1.82) is 0 Å². The van der Waals surface area contributed by atoms with Gasteiger partial charge in [-0.3, -0.25) is 5.73 Å². The number of hydrogen-bond acceptors (Lipinski definition) is 5. The third-order valence-electron chi connectivity index (χ3n) is 2.40. The van der Waals surface area contributed by atoms with E-state index in [1.165, 1.54) is 19.1 Å². The topological polar surface area (TPSA) is 103 Å². The largest absolute Gasteiger partial charge is 0.739 e. The minimum atomic E-state index is -1.14. The second-order valence-electron chi connectivity index (χ2n) is 3.48. The van der Waals surface area contributed by atoms with Crippen molar-refractivity contribution in [3.05, 3.63) is 34.7 Å². The molecular weight excluding hydrogens is 212 g/mol. The van der Waals surface area contributed by atoms with Crippen LogP contribution in [0.15, 0.2) is 24.3 Å². The first-order valence-electron chi connectivity index (χ1n) is 4.74. The number of aliphatic hydroxyl groups is 1. The van der Waals surface area contributed by atoms with Crippen LogP contribution in [0.1, 0.15) is 6.92 Å². The van der Waals surface area contributed by atoms with Gasteiger partial charge in [0.2, 0.25) is 11.9 Å². The van der Waals surface area contributed by atoms with Crippen LogP contribution in [-0.4, -0.2) is 27.0 Å². The molecule has 2 atom stereocenters. The van der Waals surface area contributed by atoms with E-state index in [0.717, 1.165) is 5.01 Å². The molecule has 7 heteroatoms. The minimum Gasteiger partial charge on any atom is -0.739 e. The molecule has 86 valence electrons. The number of nitrogens with zero attached hydrogens (tertiary/aromatic N) is 2. The summed E-state index contributed by atoms with van der Waals surface area (Å²) in [6.45, 7) is 1.37. The molecule has 0 aliphatic carbocycles. The SMILES string of the molecule is CC(O)N1C(N)=[N+]([O-])c2ccccc2[NH+]1[O-]. The van der Waals surface area contributed by atoms with Crippen LogP contribution in [-0.2, 0) is 0 Å². The van der Waals surface area contributed by atoms with Gasteiger partial charge in [0.15, 0.2) is 5.69 Å². The fourth-order valence-electron chi connectivity index (χ4n) is 1.65. The first kappa shape index (κ1) is 10.7. The molecule has 0 spiro atoms. The lowest BCUT2D eigenvalue weighted by atomic mass is 10.2. The van der Waals surface area contributed by atoms with E-state index in [2.05, 4.69) is 0 Å². The maximum Gasteiger partial charge on any atom is 0.403 e. The van der Waals surface area contributed by atoms with Crippen LogP contribution in [0.25, 0.3) is 0 Å². The molecule has 2 rings (SSSR count). The van der Waals surface area contributed by atoms with Crippen LogP contribution in [0.3, 0.4) is 0 Å². The number of hydrogen-bond donors (Lipinski definition) is 3. The second-order valence-corrected chi connectivity index (χ2v) is 3.48. The number of nitrogens with two attached hydrogens (primary N) is 1. The number of guanidine groups is 1. The van der Waals surface area contributed by atoms with Gasteiger partial charge in [0.25, 0.3) is 0 Å². The van der Waals surface area contributed by atoms with Gasteiger partial charge < -0.3 is 15.5 Å². The molecule has 0 bridgehead atoms. The van der Waals surface area contributed by atoms with E-state index >= 15 is 0 Å². The maximum absolute atomic E-state index is 11.9. The Kier molecular flexibility index (Phi) is 2.43. The monoisotopic (exact) mass is 224 g/mol. The van der Waals surface area contributed by atoms with Crippen molar-refractivity contribution in [2.45, 2.75) is 13.2 Å². The Hall–Kier alpha value is -1.83. The van der Waals surface area contributed by atoms with Crippen LogP contribution < -0.4 is 10.9 Å². The molecule has 1 aromatic carbocycles. The molecule has 7 nitrogen and oxygen atoms in total. The fourth-order valence-corrected chi connectivity index (χ4v) is 1.65. The zero-order valence-electron chi connectivity index (χ0n) is 8.62. The number of nitrogens with one attached hydrogen (secondary N) is 1. The van der Waals surface area contributed by atoms with E-state index in [1.54, 1.807) is 12.1 Å². The zero-order chi connectivity index (χ0) is 11.9. The summed E-state index contributed by atoms with van der Waals surface area (Å²) in [6.07, 6.45) is -1.14. The highest BCUT2D eigenvalue weighted by Crippen LogP contribution is 2.22. The van der Waals surface area contributed by atoms with E-state index in [0.29, 0.717) is 4.74 Å². The zero-order valence-corrected chi connectivity index (χ0v) is 8.62. The van der Waals surface area contributed by atoms with Gasteiger partial charge >= 0.3 is 5.96 Å². The highest BCUT2D eigenvalue weighted by molar-refractivity contribution is 5.76. The van der Waals surface area contributed by atoms with Crippen LogP contribution in [0.4, 0.5) is 11.4 Å². The third kappa shape index (κ3) is 1.38. The highest BCUT2D eigenvalue weighted by atomic mass is 16.6. The van der Waals surface area contributed by atoms with Crippen molar-refractivity contribution in [3.63, 3.8) is 0 Å². The summed E-state index contributed by atoms with van der Waals surface area (Å²) in [5, 5.41) is 33.4. The quantitative estimate of drug-likeness (QED) is 0.407. The van der Waals surface area contributed by atoms with Crippen LogP contribution >= 0.6 is 0 Å². The van der Waals surface area contributed by atoms with E-state index < -0.39 is 11.4 Å². The summed E-state index contributed by atoms with van der Waals surface area (Å²) in [5.41, 5.74) is 5.93. The van der Waals surface area contributed by atoms with E-state index in [1.807, 2.05) is 0 Å². The van der Waals surface area contributed by atoms with Crippen molar-refractivity contribution >= 4 is 17.3 Å². The summed E-state index contributed by atoms with van der Waals surface area (Å²) in [4.78, 5) is 0. The standard InChI is InChI=1S/C9H12N4O3/c1-6(14)11-9(10)12(15)7-4-2-3-5-8(7)13(11)16/h2-6,13-14H,10H2,1H3. The van der Waals surface area contributed by atoms with Crippen molar-refractivity contribution < 1.29 is 15.0 Å². The molecule has 16 heavy (non-hydrogen) atoms. The molecule has 2 unspecified atom stereocenters. The summed E-state index contributed by atoms with van der Waals surface area (Å²) in [6, 6.07) is 6.31. The molecule has 1 aliphatic rings. The summed E-state index contributed by atoms with van der Waals surface area (Å²) in [7, 11) is 0. The van der Waals surface area contributed by atoms with Crippen LogP contribution in [0.5, 0.6) is 0 Å². The average molecular weight is 224 g/mol. The van der Waals surface area contributed by atoms with Gasteiger partial charge in [0, 0.05) is 13.0 Å². The van der Waals surface area contributed by atoms with Gasteiger partial charge in [-0.2, -0.15) is 5.17 Å². The second kappa shape index (κ2) is 3.63. The Morgan fingerprint density at radius 2 is 2.12 bits per heavy atom.